The van der Waals surface area contributed by atoms with Crippen molar-refractivity contribution in [2.75, 3.05) is 0 Å². The van der Waals surface area contributed by atoms with Gasteiger partial charge in [-0.3, -0.25) is 4.79 Å². The third-order valence-electron chi connectivity index (χ3n) is 3.63. The Balaban J connectivity index is 1.68. The van der Waals surface area contributed by atoms with Crippen LogP contribution in [0.15, 0.2) is 52.1 Å². The van der Waals surface area contributed by atoms with Crippen molar-refractivity contribution in [2.45, 2.75) is 24.8 Å². The van der Waals surface area contributed by atoms with E-state index in [0.29, 0.717) is 16.7 Å². The molecule has 4 nitrogen and oxygen atoms in total. The molecule has 116 valence electrons. The molecule has 3 rings (SSSR count). The van der Waals surface area contributed by atoms with Crippen molar-refractivity contribution in [3.05, 3.63) is 64.7 Å². The molecule has 0 fully saturated rings. The fourth-order valence-electron chi connectivity index (χ4n) is 2.13. The molecule has 0 aliphatic heterocycles. The predicted octanol–water partition coefficient (Wildman–Crippen LogP) is 4.46. The van der Waals surface area contributed by atoms with Gasteiger partial charge in [0.1, 0.15) is 6.29 Å². The van der Waals surface area contributed by atoms with Crippen LogP contribution in [0.4, 0.5) is 0 Å². The number of carbonyl (C=O) groups is 1. The largest absolute Gasteiger partial charge is 0.411 e. The van der Waals surface area contributed by atoms with Gasteiger partial charge in [-0.15, -0.1) is 10.2 Å². The fourth-order valence-corrected chi connectivity index (χ4v) is 2.83. The van der Waals surface area contributed by atoms with Gasteiger partial charge in [0.05, 0.1) is 0 Å². The summed E-state index contributed by atoms with van der Waals surface area (Å²) in [4.78, 5) is 10.7. The average molecular weight is 324 g/mol. The van der Waals surface area contributed by atoms with Crippen molar-refractivity contribution in [2.24, 2.45) is 0 Å². The number of aromatic nitrogens is 2. The van der Waals surface area contributed by atoms with Crippen LogP contribution >= 0.6 is 11.8 Å². The third-order valence-corrected chi connectivity index (χ3v) is 4.52. The van der Waals surface area contributed by atoms with E-state index in [1.165, 1.54) is 28.5 Å². The van der Waals surface area contributed by atoms with Crippen LogP contribution in [-0.2, 0) is 5.75 Å². The van der Waals surface area contributed by atoms with Gasteiger partial charge >= 0.3 is 0 Å². The van der Waals surface area contributed by atoms with Crippen molar-refractivity contribution in [3.8, 4) is 11.5 Å². The molecule has 0 unspecified atom stereocenters. The number of hydrogen-bond acceptors (Lipinski definition) is 5. The first kappa shape index (κ1) is 15.5. The normalized spacial score (nSPS) is 10.7. The molecule has 0 radical (unpaired) electrons. The minimum absolute atomic E-state index is 0.463. The van der Waals surface area contributed by atoms with Gasteiger partial charge in [-0.1, -0.05) is 42.1 Å². The first-order valence-corrected chi connectivity index (χ1v) is 8.22. The summed E-state index contributed by atoms with van der Waals surface area (Å²) in [7, 11) is 0. The quantitative estimate of drug-likeness (QED) is 0.512. The summed E-state index contributed by atoms with van der Waals surface area (Å²) in [5, 5.41) is 8.67. The maximum absolute atomic E-state index is 10.7. The number of aryl methyl sites for hydroxylation is 2. The Morgan fingerprint density at radius 2 is 1.83 bits per heavy atom. The number of aldehydes is 1. The summed E-state index contributed by atoms with van der Waals surface area (Å²) < 4.78 is 5.67. The number of hydrogen-bond donors (Lipinski definition) is 0. The molecular formula is C18H16N2O2S. The zero-order valence-corrected chi connectivity index (χ0v) is 13.8. The highest BCUT2D eigenvalue weighted by Gasteiger charge is 2.09. The summed E-state index contributed by atoms with van der Waals surface area (Å²) in [5.74, 6) is 1.25. The van der Waals surface area contributed by atoms with E-state index in [1.54, 1.807) is 24.3 Å². The van der Waals surface area contributed by atoms with Gasteiger partial charge in [0.25, 0.3) is 5.22 Å². The van der Waals surface area contributed by atoms with Gasteiger partial charge in [-0.05, 0) is 42.7 Å². The lowest BCUT2D eigenvalue weighted by Gasteiger charge is -2.03. The number of thioether (sulfide) groups is 1. The molecule has 0 atom stereocenters. The SMILES string of the molecule is Cc1ccc(CSc2nnc(-c3ccc(C=O)cc3)o2)cc1C. The molecule has 1 heterocycles. The zero-order valence-electron chi connectivity index (χ0n) is 12.9. The number of carbonyl (C=O) groups excluding carboxylic acids is 1. The van der Waals surface area contributed by atoms with Gasteiger partial charge in [0.15, 0.2) is 0 Å². The van der Waals surface area contributed by atoms with Crippen LogP contribution in [0.3, 0.4) is 0 Å². The van der Waals surface area contributed by atoms with Gasteiger partial charge < -0.3 is 4.42 Å². The minimum Gasteiger partial charge on any atom is -0.411 e. The Morgan fingerprint density at radius 3 is 2.52 bits per heavy atom. The van der Waals surface area contributed by atoms with E-state index in [2.05, 4.69) is 42.2 Å². The van der Waals surface area contributed by atoms with E-state index in [0.717, 1.165) is 17.6 Å². The van der Waals surface area contributed by atoms with Crippen LogP contribution < -0.4 is 0 Å². The highest BCUT2D eigenvalue weighted by Crippen LogP contribution is 2.26. The second-order valence-corrected chi connectivity index (χ2v) is 6.25. The predicted molar refractivity (Wildman–Crippen MR) is 90.6 cm³/mol. The van der Waals surface area contributed by atoms with Crippen molar-refractivity contribution in [3.63, 3.8) is 0 Å². The van der Waals surface area contributed by atoms with E-state index < -0.39 is 0 Å². The molecule has 23 heavy (non-hydrogen) atoms. The van der Waals surface area contributed by atoms with Crippen LogP contribution in [0, 0.1) is 13.8 Å². The first-order valence-electron chi connectivity index (χ1n) is 7.24. The maximum atomic E-state index is 10.7. The molecular weight excluding hydrogens is 308 g/mol. The number of rotatable bonds is 5. The standard InChI is InChI=1S/C18H16N2O2S/c1-12-3-4-15(9-13(12)2)11-23-18-20-19-17(22-18)16-7-5-14(10-21)6-8-16/h3-10H,11H2,1-2H3. The van der Waals surface area contributed by atoms with E-state index in [9.17, 15) is 4.79 Å². The second-order valence-electron chi connectivity index (χ2n) is 5.32. The van der Waals surface area contributed by atoms with Crippen LogP contribution in [0.2, 0.25) is 0 Å². The van der Waals surface area contributed by atoms with E-state index in [4.69, 9.17) is 4.42 Å². The van der Waals surface area contributed by atoms with Crippen molar-refractivity contribution >= 4 is 18.0 Å². The molecule has 0 N–H and O–H groups in total. The van der Waals surface area contributed by atoms with Crippen LogP contribution in [-0.4, -0.2) is 16.5 Å². The lowest BCUT2D eigenvalue weighted by Crippen LogP contribution is -1.85. The van der Waals surface area contributed by atoms with Crippen molar-refractivity contribution < 1.29 is 9.21 Å². The Hall–Kier alpha value is -2.40. The molecule has 0 saturated carbocycles. The molecule has 0 bridgehead atoms. The van der Waals surface area contributed by atoms with E-state index in [1.807, 2.05) is 0 Å². The van der Waals surface area contributed by atoms with Crippen LogP contribution in [0.1, 0.15) is 27.0 Å². The molecule has 3 aromatic rings. The fraction of sp³-hybridized carbons (Fsp3) is 0.167. The van der Waals surface area contributed by atoms with Gasteiger partial charge in [0, 0.05) is 16.9 Å². The van der Waals surface area contributed by atoms with Gasteiger partial charge in [0.2, 0.25) is 5.89 Å². The third kappa shape index (κ3) is 3.68. The molecule has 5 heteroatoms. The first-order chi connectivity index (χ1) is 11.2. The highest BCUT2D eigenvalue weighted by molar-refractivity contribution is 7.98. The van der Waals surface area contributed by atoms with E-state index >= 15 is 0 Å². The summed E-state index contributed by atoms with van der Waals surface area (Å²) in [6, 6.07) is 13.5. The summed E-state index contributed by atoms with van der Waals surface area (Å²) >= 11 is 1.51. The van der Waals surface area contributed by atoms with Crippen molar-refractivity contribution in [1.29, 1.82) is 0 Å². The minimum atomic E-state index is 0.463. The Kier molecular flexibility index (Phi) is 4.57. The smallest absolute Gasteiger partial charge is 0.277 e. The summed E-state index contributed by atoms with van der Waals surface area (Å²) in [6.07, 6.45) is 0.808. The number of nitrogens with zero attached hydrogens (tertiary/aromatic N) is 2. The monoisotopic (exact) mass is 324 g/mol. The Morgan fingerprint density at radius 1 is 1.04 bits per heavy atom. The van der Waals surface area contributed by atoms with Crippen LogP contribution in [0.5, 0.6) is 0 Å². The van der Waals surface area contributed by atoms with Crippen LogP contribution in [0.25, 0.3) is 11.5 Å². The van der Waals surface area contributed by atoms with Crippen molar-refractivity contribution in [1.82, 2.24) is 10.2 Å². The highest BCUT2D eigenvalue weighted by atomic mass is 32.2. The average Bonchev–Trinajstić information content (AvgIpc) is 3.05. The molecule has 2 aromatic carbocycles. The lowest BCUT2D eigenvalue weighted by molar-refractivity contribution is 0.112. The Labute approximate surface area is 138 Å². The Bertz CT molecular complexity index is 825. The zero-order chi connectivity index (χ0) is 16.2. The molecule has 0 saturated heterocycles. The molecule has 0 spiro atoms. The summed E-state index contributed by atoms with van der Waals surface area (Å²) in [5.41, 5.74) is 5.23. The molecule has 0 amide bonds. The molecule has 1 aromatic heterocycles. The lowest BCUT2D eigenvalue weighted by atomic mass is 10.1. The van der Waals surface area contributed by atoms with Gasteiger partial charge in [-0.2, -0.15) is 0 Å². The number of benzene rings is 2. The topological polar surface area (TPSA) is 56.0 Å². The summed E-state index contributed by atoms with van der Waals surface area (Å²) in [6.45, 7) is 4.21. The van der Waals surface area contributed by atoms with Gasteiger partial charge in [-0.25, -0.2) is 0 Å². The second kappa shape index (κ2) is 6.79. The van der Waals surface area contributed by atoms with E-state index in [-0.39, 0.29) is 0 Å². The molecule has 0 aliphatic carbocycles. The maximum Gasteiger partial charge on any atom is 0.277 e. The molecule has 0 aliphatic rings.